The van der Waals surface area contributed by atoms with Crippen molar-refractivity contribution in [2.24, 2.45) is 10.9 Å². The van der Waals surface area contributed by atoms with E-state index in [2.05, 4.69) is 13.0 Å². The quantitative estimate of drug-likeness (QED) is 0.405. The molecule has 4 nitrogen and oxygen atoms in total. The molecule has 1 amide bonds. The van der Waals surface area contributed by atoms with Crippen molar-refractivity contribution in [3.8, 4) is 0 Å². The summed E-state index contributed by atoms with van der Waals surface area (Å²) in [6.07, 6.45) is 14.2. The van der Waals surface area contributed by atoms with Gasteiger partial charge in [-0.3, -0.25) is 14.6 Å². The molecule has 2 heterocycles. The van der Waals surface area contributed by atoms with Crippen molar-refractivity contribution in [1.82, 2.24) is 4.90 Å². The molecular formula is C32H33FN2O2. The van der Waals surface area contributed by atoms with E-state index in [0.29, 0.717) is 22.6 Å². The van der Waals surface area contributed by atoms with Crippen molar-refractivity contribution >= 4 is 29.1 Å². The highest BCUT2D eigenvalue weighted by molar-refractivity contribution is 6.10. The molecule has 2 aromatic carbocycles. The first-order chi connectivity index (χ1) is 18.0. The third-order valence-electron chi connectivity index (χ3n) is 7.67. The van der Waals surface area contributed by atoms with Gasteiger partial charge >= 0.3 is 0 Å². The lowest BCUT2D eigenvalue weighted by Crippen LogP contribution is -2.39. The number of hydrogen-bond acceptors (Lipinski definition) is 3. The fourth-order valence-electron chi connectivity index (χ4n) is 5.65. The Bertz CT molecular complexity index is 1320. The minimum absolute atomic E-state index is 0.0573. The highest BCUT2D eigenvalue weighted by Gasteiger charge is 2.27. The van der Waals surface area contributed by atoms with E-state index in [9.17, 15) is 14.0 Å². The Balaban J connectivity index is 1.34. The van der Waals surface area contributed by atoms with Gasteiger partial charge in [-0.05, 0) is 73.8 Å². The first-order valence-corrected chi connectivity index (χ1v) is 13.3. The maximum atomic E-state index is 14.3. The Morgan fingerprint density at radius 2 is 2.05 bits per heavy atom. The average molecular weight is 497 g/mol. The van der Waals surface area contributed by atoms with Gasteiger partial charge in [0.05, 0.1) is 0 Å². The molecule has 0 bridgehead atoms. The van der Waals surface area contributed by atoms with Crippen LogP contribution in [0.2, 0.25) is 0 Å². The van der Waals surface area contributed by atoms with Gasteiger partial charge in [0.15, 0.2) is 0 Å². The zero-order valence-corrected chi connectivity index (χ0v) is 21.3. The first kappa shape index (κ1) is 25.1. The number of fused-ring (bicyclic) bond motifs is 1. The van der Waals surface area contributed by atoms with Crippen LogP contribution in [-0.4, -0.2) is 35.9 Å². The van der Waals surface area contributed by atoms with E-state index in [1.807, 2.05) is 41.3 Å². The second-order valence-corrected chi connectivity index (χ2v) is 10.4. The number of carbonyl (C=O) groups excluding carboxylic acids is 2. The van der Waals surface area contributed by atoms with Gasteiger partial charge in [0.2, 0.25) is 0 Å². The molecule has 1 saturated heterocycles. The van der Waals surface area contributed by atoms with Crippen molar-refractivity contribution in [3.63, 3.8) is 0 Å². The van der Waals surface area contributed by atoms with Crippen molar-refractivity contribution in [3.05, 3.63) is 95.0 Å². The molecular weight excluding hydrogens is 463 g/mol. The van der Waals surface area contributed by atoms with Crippen LogP contribution < -0.4 is 0 Å². The molecule has 5 heteroatoms. The highest BCUT2D eigenvalue weighted by Crippen LogP contribution is 2.39. The van der Waals surface area contributed by atoms with Crippen molar-refractivity contribution in [2.45, 2.75) is 51.4 Å². The number of rotatable bonds is 6. The maximum absolute atomic E-state index is 14.3. The van der Waals surface area contributed by atoms with Crippen LogP contribution in [0.4, 0.5) is 4.39 Å². The lowest BCUT2D eigenvalue weighted by molar-refractivity contribution is -0.103. The summed E-state index contributed by atoms with van der Waals surface area (Å²) in [6.45, 7) is 3.80. The number of aliphatic imine (C=N–C) groups is 1. The monoisotopic (exact) mass is 496 g/mol. The van der Waals surface area contributed by atoms with E-state index in [-0.39, 0.29) is 17.6 Å². The van der Waals surface area contributed by atoms with Gasteiger partial charge in [-0.2, -0.15) is 0 Å². The number of amides is 1. The third kappa shape index (κ3) is 5.56. The van der Waals surface area contributed by atoms with Crippen LogP contribution in [0.15, 0.2) is 71.9 Å². The van der Waals surface area contributed by atoms with Crippen LogP contribution in [0, 0.1) is 11.7 Å². The van der Waals surface area contributed by atoms with Crippen LogP contribution in [0.25, 0.3) is 11.1 Å². The summed E-state index contributed by atoms with van der Waals surface area (Å²) in [5.74, 6) is 0.404. The molecule has 0 N–H and O–H groups in total. The molecule has 1 fully saturated rings. The van der Waals surface area contributed by atoms with Crippen LogP contribution >= 0.6 is 0 Å². The van der Waals surface area contributed by atoms with Crippen LogP contribution in [0.3, 0.4) is 0 Å². The minimum atomic E-state index is -0.255. The Labute approximate surface area is 218 Å². The normalized spacial score (nSPS) is 23.6. The lowest BCUT2D eigenvalue weighted by atomic mass is 9.92. The number of carbonyl (C=O) groups is 2. The summed E-state index contributed by atoms with van der Waals surface area (Å²) >= 11 is 0. The van der Waals surface area contributed by atoms with Crippen molar-refractivity contribution < 1.29 is 14.0 Å². The van der Waals surface area contributed by atoms with Gasteiger partial charge in [0.25, 0.3) is 5.91 Å². The van der Waals surface area contributed by atoms with Crippen molar-refractivity contribution in [1.29, 1.82) is 0 Å². The molecule has 37 heavy (non-hydrogen) atoms. The zero-order chi connectivity index (χ0) is 25.8. The van der Waals surface area contributed by atoms with E-state index in [1.165, 1.54) is 12.5 Å². The largest absolute Gasteiger partial charge is 0.338 e. The molecule has 0 saturated carbocycles. The summed E-state index contributed by atoms with van der Waals surface area (Å²) in [4.78, 5) is 31.7. The summed E-state index contributed by atoms with van der Waals surface area (Å²) in [5.41, 5.74) is 5.73. The minimum Gasteiger partial charge on any atom is -0.338 e. The molecule has 2 aromatic rings. The molecule has 0 aromatic heterocycles. The van der Waals surface area contributed by atoms with Gasteiger partial charge in [-0.15, -0.1) is 0 Å². The summed E-state index contributed by atoms with van der Waals surface area (Å²) in [7, 11) is 0. The molecule has 2 atom stereocenters. The highest BCUT2D eigenvalue weighted by atomic mass is 19.1. The SMILES string of the molecule is CC1CCCN(C(=O)c2ccc3c(c2)C(CCC2=N/C=C(c4ccccc4F)\C=C\CC2)C=C3C=O)C1. The summed E-state index contributed by atoms with van der Waals surface area (Å²) in [6, 6.07) is 12.5. The fraction of sp³-hybridized carbons (Fsp3) is 0.344. The second kappa shape index (κ2) is 11.2. The number of benzene rings is 2. The molecule has 2 unspecified atom stereocenters. The Hall–Kier alpha value is -3.60. The molecule has 5 rings (SSSR count). The number of piperidine rings is 1. The Morgan fingerprint density at radius 1 is 1.19 bits per heavy atom. The third-order valence-corrected chi connectivity index (χ3v) is 7.67. The molecule has 0 spiro atoms. The molecule has 2 aliphatic heterocycles. The summed E-state index contributed by atoms with van der Waals surface area (Å²) in [5, 5.41) is 0. The zero-order valence-electron chi connectivity index (χ0n) is 21.3. The van der Waals surface area contributed by atoms with Gasteiger partial charge in [-0.1, -0.05) is 49.4 Å². The van der Waals surface area contributed by atoms with E-state index in [4.69, 9.17) is 4.99 Å². The van der Waals surface area contributed by atoms with E-state index >= 15 is 0 Å². The van der Waals surface area contributed by atoms with E-state index < -0.39 is 0 Å². The maximum Gasteiger partial charge on any atom is 0.253 e. The number of hydrogen-bond donors (Lipinski definition) is 0. The molecule has 3 aliphatic rings. The standard InChI is InChI=1S/C32H33FN2O2/c1-22-7-6-16-35(20-22)32(37)24-13-15-28-26(21-36)17-23(30(28)18-24)12-14-27-9-3-2-8-25(19-34-27)29-10-4-5-11-31(29)33/h2,4-5,8,10-11,13,15,17-19,21-23H,3,6-7,9,12,14,16,20H2,1H3/b8-2+,25-19+,34-27?. The topological polar surface area (TPSA) is 49.7 Å². The second-order valence-electron chi connectivity index (χ2n) is 10.4. The predicted molar refractivity (Wildman–Crippen MR) is 147 cm³/mol. The summed E-state index contributed by atoms with van der Waals surface area (Å²) < 4.78 is 14.3. The molecule has 190 valence electrons. The van der Waals surface area contributed by atoms with Gasteiger partial charge in [0, 0.05) is 53.2 Å². The van der Waals surface area contributed by atoms with Gasteiger partial charge in [0.1, 0.15) is 12.1 Å². The number of likely N-dealkylation sites (tertiary alicyclic amines) is 1. The Morgan fingerprint density at radius 3 is 2.86 bits per heavy atom. The predicted octanol–water partition coefficient (Wildman–Crippen LogP) is 6.99. The smallest absolute Gasteiger partial charge is 0.253 e. The lowest BCUT2D eigenvalue weighted by Gasteiger charge is -2.31. The Kier molecular flexibility index (Phi) is 7.59. The van der Waals surface area contributed by atoms with Crippen LogP contribution in [0.5, 0.6) is 0 Å². The first-order valence-electron chi connectivity index (χ1n) is 13.3. The molecule has 1 aliphatic carbocycles. The van der Waals surface area contributed by atoms with E-state index in [1.54, 1.807) is 18.3 Å². The van der Waals surface area contributed by atoms with Gasteiger partial charge < -0.3 is 4.90 Å². The molecule has 0 radical (unpaired) electrons. The van der Waals surface area contributed by atoms with Crippen LogP contribution in [0.1, 0.15) is 78.4 Å². The number of halogens is 1. The van der Waals surface area contributed by atoms with E-state index in [0.717, 1.165) is 73.9 Å². The fourth-order valence-corrected chi connectivity index (χ4v) is 5.65. The van der Waals surface area contributed by atoms with Crippen molar-refractivity contribution in [2.75, 3.05) is 13.1 Å². The number of nitrogens with zero attached hydrogens (tertiary/aromatic N) is 2. The number of allylic oxidation sites excluding steroid dienone is 5. The van der Waals surface area contributed by atoms with Crippen LogP contribution in [-0.2, 0) is 4.79 Å². The number of aldehydes is 1. The van der Waals surface area contributed by atoms with Gasteiger partial charge in [-0.25, -0.2) is 4.39 Å². The average Bonchev–Trinajstić information content (AvgIpc) is 3.25.